The predicted octanol–water partition coefficient (Wildman–Crippen LogP) is 4.97. The van der Waals surface area contributed by atoms with Crippen molar-refractivity contribution in [1.29, 1.82) is 0 Å². The highest BCUT2D eigenvalue weighted by Gasteiger charge is 2.31. The van der Waals surface area contributed by atoms with Crippen LogP contribution >= 0.6 is 23.2 Å². The van der Waals surface area contributed by atoms with Crippen molar-refractivity contribution in [1.82, 2.24) is 0 Å². The van der Waals surface area contributed by atoms with Crippen LogP contribution in [-0.2, 0) is 0 Å². The van der Waals surface area contributed by atoms with Crippen LogP contribution in [0, 0.1) is 0 Å². The summed E-state index contributed by atoms with van der Waals surface area (Å²) in [6.07, 6.45) is -5.85. The molecule has 7 heteroatoms. The Kier molecular flexibility index (Phi) is 4.66. The second kappa shape index (κ2) is 6.13. The standard InChI is InChI=1S/C14H9Cl2F3O2/c15-9-3-6-12(16)11(7-9)13(20)8-1-4-10(5-2-8)21-14(17,18)19/h1-7,13,20H. The Labute approximate surface area is 128 Å². The second-order valence-corrected chi connectivity index (χ2v) is 5.03. The zero-order chi connectivity index (χ0) is 15.6. The lowest BCUT2D eigenvalue weighted by Crippen LogP contribution is -2.17. The largest absolute Gasteiger partial charge is 0.573 e. The lowest BCUT2D eigenvalue weighted by molar-refractivity contribution is -0.274. The van der Waals surface area contributed by atoms with E-state index in [9.17, 15) is 18.3 Å². The SMILES string of the molecule is OC(c1ccc(OC(F)(F)F)cc1)c1cc(Cl)ccc1Cl. The molecule has 0 spiro atoms. The summed E-state index contributed by atoms with van der Waals surface area (Å²) in [7, 11) is 0. The van der Waals surface area contributed by atoms with Crippen molar-refractivity contribution in [3.05, 3.63) is 63.6 Å². The Morgan fingerprint density at radius 1 is 1.00 bits per heavy atom. The monoisotopic (exact) mass is 336 g/mol. The molecule has 2 aromatic carbocycles. The van der Waals surface area contributed by atoms with Gasteiger partial charge in [-0.1, -0.05) is 35.3 Å². The van der Waals surface area contributed by atoms with Gasteiger partial charge in [-0.3, -0.25) is 0 Å². The smallest absolute Gasteiger partial charge is 0.406 e. The fraction of sp³-hybridized carbons (Fsp3) is 0.143. The van der Waals surface area contributed by atoms with E-state index in [4.69, 9.17) is 23.2 Å². The lowest BCUT2D eigenvalue weighted by Gasteiger charge is -2.14. The summed E-state index contributed by atoms with van der Waals surface area (Å²) in [5.41, 5.74) is 0.738. The van der Waals surface area contributed by atoms with Gasteiger partial charge in [0.15, 0.2) is 0 Å². The van der Waals surface area contributed by atoms with Gasteiger partial charge in [0.25, 0.3) is 0 Å². The summed E-state index contributed by atoms with van der Waals surface area (Å²) in [6, 6.07) is 9.47. The first-order chi connectivity index (χ1) is 9.76. The van der Waals surface area contributed by atoms with Gasteiger partial charge in [0.1, 0.15) is 11.9 Å². The fourth-order valence-electron chi connectivity index (χ4n) is 1.76. The number of aliphatic hydroxyl groups is 1. The Hall–Kier alpha value is -1.43. The van der Waals surface area contributed by atoms with Crippen molar-refractivity contribution >= 4 is 23.2 Å². The molecule has 0 fully saturated rings. The molecular formula is C14H9Cl2F3O2. The molecule has 0 amide bonds. The van der Waals surface area contributed by atoms with Gasteiger partial charge >= 0.3 is 6.36 Å². The third kappa shape index (κ3) is 4.27. The topological polar surface area (TPSA) is 29.5 Å². The van der Waals surface area contributed by atoms with Crippen LogP contribution in [0.1, 0.15) is 17.2 Å². The van der Waals surface area contributed by atoms with Crippen molar-refractivity contribution in [2.75, 3.05) is 0 Å². The number of alkyl halides is 3. The van der Waals surface area contributed by atoms with Crippen LogP contribution in [0.3, 0.4) is 0 Å². The Morgan fingerprint density at radius 3 is 2.19 bits per heavy atom. The molecule has 0 aliphatic carbocycles. The molecule has 0 saturated carbocycles. The maximum atomic E-state index is 12.1. The molecular weight excluding hydrogens is 328 g/mol. The van der Waals surface area contributed by atoms with Gasteiger partial charge in [0, 0.05) is 15.6 Å². The van der Waals surface area contributed by atoms with Gasteiger partial charge in [0.2, 0.25) is 0 Å². The van der Waals surface area contributed by atoms with E-state index in [-0.39, 0.29) is 5.75 Å². The molecule has 0 radical (unpaired) electrons. The van der Waals surface area contributed by atoms with Crippen LogP contribution in [-0.4, -0.2) is 11.5 Å². The van der Waals surface area contributed by atoms with Gasteiger partial charge in [0.05, 0.1) is 0 Å². The molecule has 2 nitrogen and oxygen atoms in total. The van der Waals surface area contributed by atoms with E-state index in [1.54, 1.807) is 6.07 Å². The van der Waals surface area contributed by atoms with E-state index in [1.165, 1.54) is 24.3 Å². The number of hydrogen-bond donors (Lipinski definition) is 1. The second-order valence-electron chi connectivity index (χ2n) is 4.19. The average Bonchev–Trinajstić information content (AvgIpc) is 2.40. The Bertz CT molecular complexity index is 627. The Morgan fingerprint density at radius 2 is 1.62 bits per heavy atom. The molecule has 2 aromatic rings. The molecule has 0 aliphatic rings. The van der Waals surface area contributed by atoms with Crippen molar-refractivity contribution in [3.63, 3.8) is 0 Å². The third-order valence-corrected chi connectivity index (χ3v) is 3.26. The highest BCUT2D eigenvalue weighted by Crippen LogP contribution is 2.32. The van der Waals surface area contributed by atoms with Crippen LogP contribution in [0.25, 0.3) is 0 Å². The number of benzene rings is 2. The van der Waals surface area contributed by atoms with E-state index in [0.717, 1.165) is 12.1 Å². The first-order valence-electron chi connectivity index (χ1n) is 5.75. The van der Waals surface area contributed by atoms with Crippen LogP contribution in [0.4, 0.5) is 13.2 Å². The van der Waals surface area contributed by atoms with Gasteiger partial charge in [-0.25, -0.2) is 0 Å². The van der Waals surface area contributed by atoms with E-state index >= 15 is 0 Å². The zero-order valence-electron chi connectivity index (χ0n) is 10.4. The maximum Gasteiger partial charge on any atom is 0.573 e. The predicted molar refractivity (Wildman–Crippen MR) is 73.6 cm³/mol. The molecule has 0 aromatic heterocycles. The molecule has 1 unspecified atom stereocenters. The quantitative estimate of drug-likeness (QED) is 0.857. The number of rotatable bonds is 3. The van der Waals surface area contributed by atoms with Crippen LogP contribution < -0.4 is 4.74 Å². The number of aliphatic hydroxyl groups excluding tert-OH is 1. The van der Waals surface area contributed by atoms with Crippen molar-refractivity contribution < 1.29 is 23.0 Å². The highest BCUT2D eigenvalue weighted by molar-refractivity contribution is 6.33. The molecule has 0 bridgehead atoms. The third-order valence-electron chi connectivity index (χ3n) is 2.68. The fourth-order valence-corrected chi connectivity index (χ4v) is 2.16. The van der Waals surface area contributed by atoms with Crippen LogP contribution in [0.5, 0.6) is 5.75 Å². The minimum Gasteiger partial charge on any atom is -0.406 e. The molecule has 0 aliphatic heterocycles. The molecule has 1 atom stereocenters. The maximum absolute atomic E-state index is 12.1. The molecule has 1 N–H and O–H groups in total. The molecule has 112 valence electrons. The molecule has 0 saturated heterocycles. The first kappa shape index (κ1) is 15.9. The average molecular weight is 337 g/mol. The number of ether oxygens (including phenoxy) is 1. The van der Waals surface area contributed by atoms with Crippen LogP contribution in [0.2, 0.25) is 10.0 Å². The van der Waals surface area contributed by atoms with Crippen molar-refractivity contribution in [2.24, 2.45) is 0 Å². The van der Waals surface area contributed by atoms with Gasteiger partial charge < -0.3 is 9.84 Å². The van der Waals surface area contributed by atoms with Gasteiger partial charge in [-0.2, -0.15) is 0 Å². The van der Waals surface area contributed by atoms with Gasteiger partial charge in [-0.15, -0.1) is 13.2 Å². The summed E-state index contributed by atoms with van der Waals surface area (Å²) in [4.78, 5) is 0. The van der Waals surface area contributed by atoms with Crippen molar-refractivity contribution in [3.8, 4) is 5.75 Å². The van der Waals surface area contributed by atoms with E-state index in [2.05, 4.69) is 4.74 Å². The molecule has 0 heterocycles. The first-order valence-corrected chi connectivity index (χ1v) is 6.50. The summed E-state index contributed by atoms with van der Waals surface area (Å²) in [5, 5.41) is 10.9. The minimum absolute atomic E-state index is 0.308. The minimum atomic E-state index is -4.75. The summed E-state index contributed by atoms with van der Waals surface area (Å²) < 4.78 is 39.9. The highest BCUT2D eigenvalue weighted by atomic mass is 35.5. The van der Waals surface area contributed by atoms with E-state index < -0.39 is 12.5 Å². The molecule has 2 rings (SSSR count). The number of hydrogen-bond acceptors (Lipinski definition) is 2. The Balaban J connectivity index is 2.24. The number of halogens is 5. The normalized spacial score (nSPS) is 13.0. The van der Waals surface area contributed by atoms with E-state index in [0.29, 0.717) is 21.2 Å². The van der Waals surface area contributed by atoms with Crippen molar-refractivity contribution in [2.45, 2.75) is 12.5 Å². The van der Waals surface area contributed by atoms with E-state index in [1.807, 2.05) is 0 Å². The lowest BCUT2D eigenvalue weighted by atomic mass is 10.0. The summed E-state index contributed by atoms with van der Waals surface area (Å²) in [5.74, 6) is -0.365. The van der Waals surface area contributed by atoms with Gasteiger partial charge in [-0.05, 0) is 35.9 Å². The summed E-state index contributed by atoms with van der Waals surface area (Å²) in [6.45, 7) is 0. The zero-order valence-corrected chi connectivity index (χ0v) is 11.9. The molecule has 21 heavy (non-hydrogen) atoms. The summed E-state index contributed by atoms with van der Waals surface area (Å²) >= 11 is 11.8. The van der Waals surface area contributed by atoms with Crippen LogP contribution in [0.15, 0.2) is 42.5 Å².